The number of hydrogen-bond acceptors (Lipinski definition) is 2. The van der Waals surface area contributed by atoms with Crippen LogP contribution in [0.4, 0.5) is 0 Å². The average Bonchev–Trinajstić information content (AvgIpc) is 2.17. The molecule has 5 heteroatoms. The van der Waals surface area contributed by atoms with E-state index in [0.29, 0.717) is 0 Å². The second-order valence-electron chi connectivity index (χ2n) is 3.39. The predicted molar refractivity (Wildman–Crippen MR) is 64.2 cm³/mol. The minimum absolute atomic E-state index is 0.0472. The molecule has 0 aliphatic rings. The lowest BCUT2D eigenvalue weighted by atomic mass is 10.3. The van der Waals surface area contributed by atoms with Gasteiger partial charge in [0.2, 0.25) is 10.0 Å². The summed E-state index contributed by atoms with van der Waals surface area (Å²) in [4.78, 5) is 0.289. The maximum absolute atomic E-state index is 11.8. The van der Waals surface area contributed by atoms with Gasteiger partial charge in [-0.3, -0.25) is 0 Å². The molecule has 0 fully saturated rings. The maximum atomic E-state index is 11.8. The molecule has 0 saturated carbocycles. The van der Waals surface area contributed by atoms with Crippen molar-refractivity contribution < 1.29 is 8.42 Å². The minimum atomic E-state index is -3.37. The Kier molecular flexibility index (Phi) is 4.31. The highest BCUT2D eigenvalue weighted by Gasteiger charge is 2.16. The molecule has 15 heavy (non-hydrogen) atoms. The van der Waals surface area contributed by atoms with Gasteiger partial charge in [-0.05, 0) is 31.5 Å². The Hall–Kier alpha value is -0.390. The van der Waals surface area contributed by atoms with E-state index in [0.717, 1.165) is 10.9 Å². The Morgan fingerprint density at radius 3 is 2.67 bits per heavy atom. The molecular weight excluding hydrogens is 278 g/mol. The van der Waals surface area contributed by atoms with Crippen LogP contribution in [0.2, 0.25) is 0 Å². The highest BCUT2D eigenvalue weighted by molar-refractivity contribution is 9.10. The van der Waals surface area contributed by atoms with E-state index < -0.39 is 10.0 Å². The molecule has 1 atom stereocenters. The van der Waals surface area contributed by atoms with Crippen LogP contribution < -0.4 is 4.72 Å². The normalized spacial score (nSPS) is 13.8. The Bertz CT molecular complexity index is 431. The molecular formula is C10H14BrNO2S. The molecule has 1 aromatic carbocycles. The molecule has 1 rings (SSSR count). The van der Waals surface area contributed by atoms with Crippen LogP contribution in [0.25, 0.3) is 0 Å². The molecule has 0 unspecified atom stereocenters. The quantitative estimate of drug-likeness (QED) is 0.927. The van der Waals surface area contributed by atoms with E-state index in [4.69, 9.17) is 0 Å². The largest absolute Gasteiger partial charge is 0.240 e. The first-order valence-electron chi connectivity index (χ1n) is 4.73. The minimum Gasteiger partial charge on any atom is -0.208 e. The van der Waals surface area contributed by atoms with Crippen molar-refractivity contribution in [3.8, 4) is 0 Å². The van der Waals surface area contributed by atoms with Crippen LogP contribution in [0.15, 0.2) is 33.6 Å². The molecule has 1 aromatic rings. The second-order valence-corrected chi connectivity index (χ2v) is 6.02. The van der Waals surface area contributed by atoms with Gasteiger partial charge in [0.25, 0.3) is 0 Å². The van der Waals surface area contributed by atoms with Gasteiger partial charge >= 0.3 is 0 Å². The average molecular weight is 292 g/mol. The van der Waals surface area contributed by atoms with E-state index >= 15 is 0 Å². The van der Waals surface area contributed by atoms with E-state index in [9.17, 15) is 8.42 Å². The van der Waals surface area contributed by atoms with Crippen molar-refractivity contribution in [2.24, 2.45) is 0 Å². The molecule has 0 saturated heterocycles. The number of halogens is 1. The number of nitrogens with one attached hydrogen (secondary N) is 1. The third-order valence-corrected chi connectivity index (χ3v) is 4.16. The summed E-state index contributed by atoms with van der Waals surface area (Å²) in [5.74, 6) is 0. The van der Waals surface area contributed by atoms with Crippen LogP contribution in [0.3, 0.4) is 0 Å². The summed E-state index contributed by atoms with van der Waals surface area (Å²) < 4.78 is 27.0. The zero-order chi connectivity index (χ0) is 11.5. The predicted octanol–water partition coefficient (Wildman–Crippen LogP) is 2.53. The van der Waals surface area contributed by atoms with Crippen LogP contribution in [0.5, 0.6) is 0 Å². The molecule has 0 radical (unpaired) electrons. The van der Waals surface area contributed by atoms with E-state index in [1.807, 2.05) is 13.8 Å². The first-order valence-corrected chi connectivity index (χ1v) is 7.01. The second kappa shape index (κ2) is 5.09. The molecule has 0 aliphatic carbocycles. The standard InChI is InChI=1S/C10H14BrNO2S/c1-3-8(2)12-15(13,14)10-6-4-5-9(11)7-10/h4-8,12H,3H2,1-2H3/t8-/m1/s1. The van der Waals surface area contributed by atoms with E-state index in [1.54, 1.807) is 24.3 Å². The molecule has 0 spiro atoms. The number of benzene rings is 1. The maximum Gasteiger partial charge on any atom is 0.240 e. The molecule has 0 amide bonds. The number of sulfonamides is 1. The summed E-state index contributed by atoms with van der Waals surface area (Å²) in [5, 5.41) is 0. The highest BCUT2D eigenvalue weighted by atomic mass is 79.9. The van der Waals surface area contributed by atoms with E-state index in [1.165, 1.54) is 0 Å². The van der Waals surface area contributed by atoms with Crippen molar-refractivity contribution in [2.75, 3.05) is 0 Å². The summed E-state index contributed by atoms with van der Waals surface area (Å²) >= 11 is 3.25. The van der Waals surface area contributed by atoms with Crippen molar-refractivity contribution in [1.82, 2.24) is 4.72 Å². The molecule has 1 N–H and O–H groups in total. The van der Waals surface area contributed by atoms with Gasteiger partial charge in [0.15, 0.2) is 0 Å². The fourth-order valence-electron chi connectivity index (χ4n) is 1.05. The van der Waals surface area contributed by atoms with Gasteiger partial charge in [-0.15, -0.1) is 0 Å². The first kappa shape index (κ1) is 12.7. The fourth-order valence-corrected chi connectivity index (χ4v) is 2.97. The van der Waals surface area contributed by atoms with Gasteiger partial charge in [0.05, 0.1) is 4.90 Å². The van der Waals surface area contributed by atoms with Crippen molar-refractivity contribution in [1.29, 1.82) is 0 Å². The van der Waals surface area contributed by atoms with Crippen LogP contribution in [-0.2, 0) is 10.0 Å². The Balaban J connectivity index is 2.96. The topological polar surface area (TPSA) is 46.2 Å². The van der Waals surface area contributed by atoms with Gasteiger partial charge in [0, 0.05) is 10.5 Å². The highest BCUT2D eigenvalue weighted by Crippen LogP contribution is 2.16. The van der Waals surface area contributed by atoms with Crippen LogP contribution in [0, 0.1) is 0 Å². The van der Waals surface area contributed by atoms with Crippen LogP contribution in [-0.4, -0.2) is 14.5 Å². The Morgan fingerprint density at radius 1 is 1.47 bits per heavy atom. The van der Waals surface area contributed by atoms with Crippen LogP contribution in [0.1, 0.15) is 20.3 Å². The zero-order valence-corrected chi connectivity index (χ0v) is 11.1. The lowest BCUT2D eigenvalue weighted by Gasteiger charge is -2.11. The first-order chi connectivity index (χ1) is 6.95. The third kappa shape index (κ3) is 3.59. The summed E-state index contributed by atoms with van der Waals surface area (Å²) in [6, 6.07) is 6.62. The monoisotopic (exact) mass is 291 g/mol. The summed E-state index contributed by atoms with van der Waals surface area (Å²) in [6.45, 7) is 3.78. The summed E-state index contributed by atoms with van der Waals surface area (Å²) in [7, 11) is -3.37. The molecule has 84 valence electrons. The molecule has 0 aromatic heterocycles. The van der Waals surface area contributed by atoms with Crippen LogP contribution >= 0.6 is 15.9 Å². The van der Waals surface area contributed by atoms with Gasteiger partial charge in [-0.2, -0.15) is 0 Å². The number of hydrogen-bond donors (Lipinski definition) is 1. The fraction of sp³-hybridized carbons (Fsp3) is 0.400. The van der Waals surface area contributed by atoms with E-state index in [-0.39, 0.29) is 10.9 Å². The van der Waals surface area contributed by atoms with Crippen molar-refractivity contribution in [2.45, 2.75) is 31.2 Å². The van der Waals surface area contributed by atoms with Crippen molar-refractivity contribution in [3.05, 3.63) is 28.7 Å². The Labute approximate surface area is 99.1 Å². The van der Waals surface area contributed by atoms with Gasteiger partial charge in [-0.25, -0.2) is 13.1 Å². The van der Waals surface area contributed by atoms with E-state index in [2.05, 4.69) is 20.7 Å². The SMILES string of the molecule is CC[C@@H](C)NS(=O)(=O)c1cccc(Br)c1. The van der Waals surface area contributed by atoms with Gasteiger partial charge in [-0.1, -0.05) is 28.9 Å². The smallest absolute Gasteiger partial charge is 0.208 e. The van der Waals surface area contributed by atoms with Crippen molar-refractivity contribution >= 4 is 26.0 Å². The summed E-state index contributed by atoms with van der Waals surface area (Å²) in [5.41, 5.74) is 0. The number of rotatable bonds is 4. The Morgan fingerprint density at radius 2 is 2.13 bits per heavy atom. The molecule has 0 aliphatic heterocycles. The third-order valence-electron chi connectivity index (χ3n) is 2.08. The molecule has 0 heterocycles. The van der Waals surface area contributed by atoms with Gasteiger partial charge < -0.3 is 0 Å². The zero-order valence-electron chi connectivity index (χ0n) is 8.70. The molecule has 3 nitrogen and oxygen atoms in total. The lowest BCUT2D eigenvalue weighted by Crippen LogP contribution is -2.31. The molecule has 0 bridgehead atoms. The van der Waals surface area contributed by atoms with Crippen molar-refractivity contribution in [3.63, 3.8) is 0 Å². The summed E-state index contributed by atoms with van der Waals surface area (Å²) in [6.07, 6.45) is 0.771. The van der Waals surface area contributed by atoms with Gasteiger partial charge in [0.1, 0.15) is 0 Å². The lowest BCUT2D eigenvalue weighted by molar-refractivity contribution is 0.556.